The minimum absolute atomic E-state index is 0.202. The van der Waals surface area contributed by atoms with E-state index in [-0.39, 0.29) is 12.3 Å². The Bertz CT molecular complexity index is 472. The minimum Gasteiger partial charge on any atom is -0.461 e. The molecule has 0 radical (unpaired) electrons. The molecule has 0 saturated carbocycles. The van der Waals surface area contributed by atoms with Gasteiger partial charge in [-0.05, 0) is 25.5 Å². The maximum absolute atomic E-state index is 11.6. The molecule has 1 rings (SSSR count). The highest BCUT2D eigenvalue weighted by Gasteiger charge is 2.15. The summed E-state index contributed by atoms with van der Waals surface area (Å²) in [6, 6.07) is 3.55. The Balaban J connectivity index is 3.24. The van der Waals surface area contributed by atoms with Gasteiger partial charge in [-0.1, -0.05) is 6.58 Å². The van der Waals surface area contributed by atoms with Gasteiger partial charge in [0.1, 0.15) is 6.07 Å². The van der Waals surface area contributed by atoms with Gasteiger partial charge in [-0.3, -0.25) is 0 Å². The quantitative estimate of drug-likeness (QED) is 0.726. The number of carbonyl (C=O) groups is 1. The molecule has 0 N–H and O–H groups in total. The highest BCUT2D eigenvalue weighted by atomic mass is 16.5. The van der Waals surface area contributed by atoms with Crippen LogP contribution in [0.2, 0.25) is 0 Å². The molecule has 0 spiro atoms. The number of carbonyl (C=O) groups excluding carboxylic acids is 1. The summed E-state index contributed by atoms with van der Waals surface area (Å²) in [5, 5.41) is 8.74. The largest absolute Gasteiger partial charge is 0.461 e. The summed E-state index contributed by atoms with van der Waals surface area (Å²) in [6.07, 6.45) is 1.35. The summed E-state index contributed by atoms with van der Waals surface area (Å²) >= 11 is 0. The second-order valence-corrected chi connectivity index (χ2v) is 3.23. The van der Waals surface area contributed by atoms with Crippen LogP contribution in [-0.4, -0.2) is 17.6 Å². The van der Waals surface area contributed by atoms with E-state index in [4.69, 9.17) is 10.00 Å². The zero-order valence-corrected chi connectivity index (χ0v) is 9.28. The summed E-state index contributed by atoms with van der Waals surface area (Å²) in [7, 11) is 0. The first kappa shape index (κ1) is 11.9. The highest BCUT2D eigenvalue weighted by molar-refractivity contribution is 5.93. The van der Waals surface area contributed by atoms with Crippen LogP contribution in [0.1, 0.15) is 35.5 Å². The predicted octanol–water partition coefficient (Wildman–Crippen LogP) is 2.16. The topological polar surface area (TPSA) is 63.0 Å². The molecule has 4 heteroatoms. The lowest BCUT2D eigenvalue weighted by atomic mass is 10.1. The fourth-order valence-electron chi connectivity index (χ4n) is 1.21. The SMILES string of the molecule is C=C(C)c1cc(C#N)cnc1C(=O)OCC. The predicted molar refractivity (Wildman–Crippen MR) is 59.6 cm³/mol. The molecule has 0 bridgehead atoms. The molecule has 0 unspecified atom stereocenters. The van der Waals surface area contributed by atoms with Gasteiger partial charge in [0.25, 0.3) is 0 Å². The average molecular weight is 216 g/mol. The second kappa shape index (κ2) is 5.08. The molecule has 0 aliphatic heterocycles. The van der Waals surface area contributed by atoms with E-state index < -0.39 is 5.97 Å². The van der Waals surface area contributed by atoms with Crippen molar-refractivity contribution in [1.29, 1.82) is 5.26 Å². The molecule has 1 aromatic rings. The fourth-order valence-corrected chi connectivity index (χ4v) is 1.21. The zero-order chi connectivity index (χ0) is 12.1. The van der Waals surface area contributed by atoms with Gasteiger partial charge < -0.3 is 4.74 Å². The van der Waals surface area contributed by atoms with Crippen LogP contribution >= 0.6 is 0 Å². The first-order valence-corrected chi connectivity index (χ1v) is 4.83. The maximum Gasteiger partial charge on any atom is 0.357 e. The number of aromatic nitrogens is 1. The van der Waals surface area contributed by atoms with Gasteiger partial charge in [-0.25, -0.2) is 9.78 Å². The van der Waals surface area contributed by atoms with E-state index in [1.165, 1.54) is 6.20 Å². The summed E-state index contributed by atoms with van der Waals surface area (Å²) in [6.45, 7) is 7.51. The third kappa shape index (κ3) is 2.45. The minimum atomic E-state index is -0.495. The van der Waals surface area contributed by atoms with Gasteiger partial charge >= 0.3 is 5.97 Å². The molecule has 0 aliphatic rings. The van der Waals surface area contributed by atoms with Crippen LogP contribution in [0.25, 0.3) is 5.57 Å². The monoisotopic (exact) mass is 216 g/mol. The molecular formula is C12H12N2O2. The molecule has 0 amide bonds. The molecule has 0 atom stereocenters. The third-order valence-electron chi connectivity index (χ3n) is 1.95. The van der Waals surface area contributed by atoms with Crippen LogP contribution in [0.15, 0.2) is 18.8 Å². The number of nitriles is 1. The lowest BCUT2D eigenvalue weighted by molar-refractivity contribution is 0.0519. The van der Waals surface area contributed by atoms with Crippen molar-refractivity contribution < 1.29 is 9.53 Å². The molecular weight excluding hydrogens is 204 g/mol. The lowest BCUT2D eigenvalue weighted by Crippen LogP contribution is -2.10. The Morgan fingerprint density at radius 2 is 2.38 bits per heavy atom. The number of pyridine rings is 1. The Morgan fingerprint density at radius 1 is 1.69 bits per heavy atom. The number of hydrogen-bond donors (Lipinski definition) is 0. The van der Waals surface area contributed by atoms with Crippen molar-refractivity contribution in [3.05, 3.63) is 35.7 Å². The van der Waals surface area contributed by atoms with Crippen LogP contribution in [0.3, 0.4) is 0 Å². The van der Waals surface area contributed by atoms with Gasteiger partial charge in [-0.15, -0.1) is 0 Å². The normalized spacial score (nSPS) is 9.31. The van der Waals surface area contributed by atoms with Crippen LogP contribution in [0.4, 0.5) is 0 Å². The van der Waals surface area contributed by atoms with Crippen molar-refractivity contribution in [3.63, 3.8) is 0 Å². The molecule has 0 aliphatic carbocycles. The molecule has 0 saturated heterocycles. The van der Waals surface area contributed by atoms with E-state index in [1.807, 2.05) is 6.07 Å². The number of ether oxygens (including phenoxy) is 1. The van der Waals surface area contributed by atoms with Crippen molar-refractivity contribution >= 4 is 11.5 Å². The van der Waals surface area contributed by atoms with E-state index >= 15 is 0 Å². The average Bonchev–Trinajstić information content (AvgIpc) is 2.28. The van der Waals surface area contributed by atoms with Crippen molar-refractivity contribution in [3.8, 4) is 6.07 Å². The zero-order valence-electron chi connectivity index (χ0n) is 9.28. The number of rotatable bonds is 3. The number of hydrogen-bond acceptors (Lipinski definition) is 4. The van der Waals surface area contributed by atoms with Gasteiger partial charge in [0.05, 0.1) is 12.2 Å². The third-order valence-corrected chi connectivity index (χ3v) is 1.95. The summed E-state index contributed by atoms with van der Waals surface area (Å²) in [4.78, 5) is 15.5. The van der Waals surface area contributed by atoms with Crippen molar-refractivity contribution in [2.24, 2.45) is 0 Å². The molecule has 82 valence electrons. The van der Waals surface area contributed by atoms with E-state index in [1.54, 1.807) is 19.9 Å². The number of allylic oxidation sites excluding steroid dienone is 1. The van der Waals surface area contributed by atoms with Crippen molar-refractivity contribution in [2.75, 3.05) is 6.61 Å². The second-order valence-electron chi connectivity index (χ2n) is 3.23. The van der Waals surface area contributed by atoms with Crippen molar-refractivity contribution in [1.82, 2.24) is 4.98 Å². The van der Waals surface area contributed by atoms with Crippen LogP contribution in [0.5, 0.6) is 0 Å². The number of nitrogens with zero attached hydrogens (tertiary/aromatic N) is 2. The highest BCUT2D eigenvalue weighted by Crippen LogP contribution is 2.17. The molecule has 16 heavy (non-hydrogen) atoms. The first-order chi connectivity index (χ1) is 7.60. The molecule has 0 fully saturated rings. The molecule has 1 aromatic heterocycles. The van der Waals surface area contributed by atoms with Gasteiger partial charge in [0.15, 0.2) is 5.69 Å². The van der Waals surface area contributed by atoms with Gasteiger partial charge in [0.2, 0.25) is 0 Å². The Morgan fingerprint density at radius 3 is 2.88 bits per heavy atom. The van der Waals surface area contributed by atoms with Crippen LogP contribution in [-0.2, 0) is 4.74 Å². The van der Waals surface area contributed by atoms with Crippen LogP contribution < -0.4 is 0 Å². The Hall–Kier alpha value is -2.15. The van der Waals surface area contributed by atoms with Gasteiger partial charge in [-0.2, -0.15) is 5.26 Å². The number of esters is 1. The summed E-state index contributed by atoms with van der Waals surface area (Å²) in [5.74, 6) is -0.495. The van der Waals surface area contributed by atoms with E-state index in [2.05, 4.69) is 11.6 Å². The Kier molecular flexibility index (Phi) is 3.78. The van der Waals surface area contributed by atoms with Crippen molar-refractivity contribution in [2.45, 2.75) is 13.8 Å². The first-order valence-electron chi connectivity index (χ1n) is 4.83. The van der Waals surface area contributed by atoms with Gasteiger partial charge in [0, 0.05) is 11.8 Å². The smallest absolute Gasteiger partial charge is 0.357 e. The molecule has 4 nitrogen and oxygen atoms in total. The maximum atomic E-state index is 11.6. The van der Waals surface area contributed by atoms with E-state index in [0.29, 0.717) is 16.7 Å². The molecule has 1 heterocycles. The van der Waals surface area contributed by atoms with Crippen LogP contribution in [0, 0.1) is 11.3 Å². The Labute approximate surface area is 94.2 Å². The standard InChI is InChI=1S/C12H12N2O2/c1-4-16-12(15)11-10(8(2)3)5-9(6-13)7-14-11/h5,7H,2,4H2,1,3H3. The fraction of sp³-hybridized carbons (Fsp3) is 0.250. The molecule has 0 aromatic carbocycles. The van der Waals surface area contributed by atoms with E-state index in [0.717, 1.165) is 0 Å². The lowest BCUT2D eigenvalue weighted by Gasteiger charge is -2.07. The summed E-state index contributed by atoms with van der Waals surface area (Å²) in [5.41, 5.74) is 1.82. The summed E-state index contributed by atoms with van der Waals surface area (Å²) < 4.78 is 4.87. The van der Waals surface area contributed by atoms with E-state index in [9.17, 15) is 4.79 Å².